The second-order valence-corrected chi connectivity index (χ2v) is 6.51. The standard InChI is InChI=1S/C19H24F3N3O/c1-13(18(26)25-14-7-3-2-4-8-14)11-12-24-16-10-6-5-9-15(16)17(23)19(20,21)22/h2-4,7-8,13,23-24H,5-6,9-12H2,1H3,(H,25,26). The minimum Gasteiger partial charge on any atom is -0.388 e. The lowest BCUT2D eigenvalue weighted by atomic mass is 9.92. The van der Waals surface area contributed by atoms with Crippen molar-refractivity contribution in [2.45, 2.75) is 45.2 Å². The summed E-state index contributed by atoms with van der Waals surface area (Å²) in [5, 5.41) is 13.2. The van der Waals surface area contributed by atoms with Crippen LogP contribution < -0.4 is 10.6 Å². The summed E-state index contributed by atoms with van der Waals surface area (Å²) < 4.78 is 38.5. The van der Waals surface area contributed by atoms with Gasteiger partial charge in [0, 0.05) is 29.4 Å². The largest absolute Gasteiger partial charge is 0.432 e. The number of para-hydroxylation sites is 1. The smallest absolute Gasteiger partial charge is 0.388 e. The Bertz CT molecular complexity index is 668. The third-order valence-corrected chi connectivity index (χ3v) is 4.46. The summed E-state index contributed by atoms with van der Waals surface area (Å²) in [6, 6.07) is 9.11. The highest BCUT2D eigenvalue weighted by molar-refractivity contribution is 6.02. The number of nitrogens with one attached hydrogen (secondary N) is 3. The molecule has 0 saturated carbocycles. The van der Waals surface area contributed by atoms with Gasteiger partial charge < -0.3 is 10.6 Å². The third-order valence-electron chi connectivity index (χ3n) is 4.46. The molecule has 0 bridgehead atoms. The van der Waals surface area contributed by atoms with E-state index in [0.29, 0.717) is 37.2 Å². The van der Waals surface area contributed by atoms with Crippen LogP contribution in [-0.4, -0.2) is 24.3 Å². The molecule has 1 aliphatic rings. The molecule has 0 aliphatic heterocycles. The second-order valence-electron chi connectivity index (χ2n) is 6.51. The van der Waals surface area contributed by atoms with Crippen LogP contribution >= 0.6 is 0 Å². The summed E-state index contributed by atoms with van der Waals surface area (Å²) in [7, 11) is 0. The van der Waals surface area contributed by atoms with Crippen LogP contribution in [0.25, 0.3) is 0 Å². The maximum Gasteiger partial charge on any atom is 0.432 e. The first kappa shape index (κ1) is 20.0. The van der Waals surface area contributed by atoms with E-state index in [9.17, 15) is 18.0 Å². The first-order chi connectivity index (χ1) is 12.3. The van der Waals surface area contributed by atoms with Crippen molar-refractivity contribution in [2.24, 2.45) is 5.92 Å². The van der Waals surface area contributed by atoms with E-state index in [2.05, 4.69) is 10.6 Å². The average molecular weight is 367 g/mol. The van der Waals surface area contributed by atoms with E-state index in [0.717, 1.165) is 6.42 Å². The molecule has 7 heteroatoms. The highest BCUT2D eigenvalue weighted by Gasteiger charge is 2.38. The third kappa shape index (κ3) is 5.61. The molecule has 3 N–H and O–H groups in total. The number of halogens is 3. The molecule has 1 amide bonds. The zero-order valence-electron chi connectivity index (χ0n) is 14.7. The fourth-order valence-corrected chi connectivity index (χ4v) is 2.90. The molecule has 142 valence electrons. The summed E-state index contributed by atoms with van der Waals surface area (Å²) in [4.78, 5) is 12.2. The van der Waals surface area contributed by atoms with Gasteiger partial charge >= 0.3 is 6.18 Å². The zero-order chi connectivity index (χ0) is 19.2. The SMILES string of the molecule is CC(CCNC1=C(C(=N)C(F)(F)F)CCCC1)C(=O)Nc1ccccc1. The monoisotopic (exact) mass is 367 g/mol. The van der Waals surface area contributed by atoms with Crippen LogP contribution in [-0.2, 0) is 4.79 Å². The number of amides is 1. The average Bonchev–Trinajstić information content (AvgIpc) is 2.61. The van der Waals surface area contributed by atoms with Gasteiger partial charge in [-0.15, -0.1) is 0 Å². The molecule has 1 aliphatic carbocycles. The number of hydrogen-bond donors (Lipinski definition) is 3. The Morgan fingerprint density at radius 3 is 2.50 bits per heavy atom. The fraction of sp³-hybridized carbons (Fsp3) is 0.474. The van der Waals surface area contributed by atoms with Crippen molar-refractivity contribution in [1.82, 2.24) is 5.32 Å². The van der Waals surface area contributed by atoms with Crippen molar-refractivity contribution in [3.8, 4) is 0 Å². The molecule has 0 heterocycles. The lowest BCUT2D eigenvalue weighted by Crippen LogP contribution is -2.30. The van der Waals surface area contributed by atoms with Crippen molar-refractivity contribution in [1.29, 1.82) is 5.41 Å². The molecule has 1 atom stereocenters. The molecule has 0 fully saturated rings. The Hall–Kier alpha value is -2.31. The van der Waals surface area contributed by atoms with Gasteiger partial charge in [-0.05, 0) is 44.2 Å². The van der Waals surface area contributed by atoms with E-state index < -0.39 is 11.9 Å². The van der Waals surface area contributed by atoms with Crippen LogP contribution in [0.15, 0.2) is 41.6 Å². The van der Waals surface area contributed by atoms with Gasteiger partial charge in [0.1, 0.15) is 5.71 Å². The molecule has 26 heavy (non-hydrogen) atoms. The molecule has 1 aromatic rings. The number of rotatable bonds is 7. The molecule has 2 rings (SSSR count). The van der Waals surface area contributed by atoms with Crippen LogP contribution in [0.1, 0.15) is 39.0 Å². The Labute approximate surface area is 151 Å². The van der Waals surface area contributed by atoms with Crippen LogP contribution in [0.5, 0.6) is 0 Å². The van der Waals surface area contributed by atoms with Crippen LogP contribution in [0.2, 0.25) is 0 Å². The molecule has 0 radical (unpaired) electrons. The van der Waals surface area contributed by atoms with Gasteiger partial charge in [0.05, 0.1) is 0 Å². The summed E-state index contributed by atoms with van der Waals surface area (Å²) in [5.74, 6) is -0.406. The van der Waals surface area contributed by atoms with Crippen molar-refractivity contribution in [2.75, 3.05) is 11.9 Å². The first-order valence-electron chi connectivity index (χ1n) is 8.77. The molecule has 0 aromatic heterocycles. The fourth-order valence-electron chi connectivity index (χ4n) is 2.90. The van der Waals surface area contributed by atoms with E-state index >= 15 is 0 Å². The van der Waals surface area contributed by atoms with E-state index in [1.54, 1.807) is 19.1 Å². The Balaban J connectivity index is 1.89. The predicted molar refractivity (Wildman–Crippen MR) is 96.1 cm³/mol. The van der Waals surface area contributed by atoms with Gasteiger partial charge in [0.15, 0.2) is 0 Å². The van der Waals surface area contributed by atoms with Gasteiger partial charge in [-0.2, -0.15) is 13.2 Å². The highest BCUT2D eigenvalue weighted by Crippen LogP contribution is 2.30. The zero-order valence-corrected chi connectivity index (χ0v) is 14.7. The minimum atomic E-state index is -4.62. The summed E-state index contributed by atoms with van der Waals surface area (Å²) >= 11 is 0. The minimum absolute atomic E-state index is 0.0603. The maximum absolute atomic E-state index is 12.8. The van der Waals surface area contributed by atoms with Crippen LogP contribution in [0.3, 0.4) is 0 Å². The van der Waals surface area contributed by atoms with Gasteiger partial charge in [0.2, 0.25) is 5.91 Å². The van der Waals surface area contributed by atoms with Gasteiger partial charge in [-0.25, -0.2) is 0 Å². The maximum atomic E-state index is 12.8. The molecule has 4 nitrogen and oxygen atoms in total. The number of carbonyl (C=O) groups is 1. The van der Waals surface area contributed by atoms with Crippen molar-refractivity contribution in [3.05, 3.63) is 41.6 Å². The lowest BCUT2D eigenvalue weighted by Gasteiger charge is -2.23. The van der Waals surface area contributed by atoms with Crippen molar-refractivity contribution in [3.63, 3.8) is 0 Å². The number of anilines is 1. The molecular weight excluding hydrogens is 343 g/mol. The van der Waals surface area contributed by atoms with Crippen LogP contribution in [0, 0.1) is 11.3 Å². The Morgan fingerprint density at radius 1 is 1.19 bits per heavy atom. The highest BCUT2D eigenvalue weighted by atomic mass is 19.4. The second kappa shape index (κ2) is 8.87. The topological polar surface area (TPSA) is 65.0 Å². The van der Waals surface area contributed by atoms with Gasteiger partial charge in [0.25, 0.3) is 0 Å². The van der Waals surface area contributed by atoms with Crippen LogP contribution in [0.4, 0.5) is 18.9 Å². The first-order valence-corrected chi connectivity index (χ1v) is 8.77. The van der Waals surface area contributed by atoms with E-state index in [-0.39, 0.29) is 23.8 Å². The molecule has 1 aromatic carbocycles. The summed E-state index contributed by atoms with van der Waals surface area (Å²) in [5.41, 5.74) is 0.0159. The van der Waals surface area contributed by atoms with Gasteiger partial charge in [-0.1, -0.05) is 25.1 Å². The quantitative estimate of drug-likeness (QED) is 0.614. The van der Waals surface area contributed by atoms with E-state index in [1.807, 2.05) is 18.2 Å². The Kier molecular flexibility index (Phi) is 6.83. The van der Waals surface area contributed by atoms with E-state index in [1.165, 1.54) is 0 Å². The lowest BCUT2D eigenvalue weighted by molar-refractivity contribution is -0.119. The molecule has 0 saturated heterocycles. The van der Waals surface area contributed by atoms with Crippen molar-refractivity contribution < 1.29 is 18.0 Å². The predicted octanol–water partition coefficient (Wildman–Crippen LogP) is 4.65. The normalized spacial score (nSPS) is 16.2. The number of alkyl halides is 3. The summed E-state index contributed by atoms with van der Waals surface area (Å²) in [6.45, 7) is 2.18. The number of carbonyl (C=O) groups excluding carboxylic acids is 1. The molecule has 1 unspecified atom stereocenters. The Morgan fingerprint density at radius 2 is 1.85 bits per heavy atom. The van der Waals surface area contributed by atoms with E-state index in [4.69, 9.17) is 5.41 Å². The molecular formula is C19H24F3N3O. The summed E-state index contributed by atoms with van der Waals surface area (Å²) in [6.07, 6.45) is -1.88. The van der Waals surface area contributed by atoms with Crippen molar-refractivity contribution >= 4 is 17.3 Å². The molecule has 0 spiro atoms. The number of allylic oxidation sites excluding steroid dienone is 2. The number of hydrogen-bond acceptors (Lipinski definition) is 3. The van der Waals surface area contributed by atoms with Gasteiger partial charge in [-0.3, -0.25) is 10.2 Å². The number of benzene rings is 1.